The monoisotopic (exact) mass is 382 g/mol. The number of hydrogen-bond acceptors (Lipinski definition) is 2. The summed E-state index contributed by atoms with van der Waals surface area (Å²) in [5, 5.41) is 4.52. The Morgan fingerprint density at radius 3 is 2.59 bits per heavy atom. The first-order valence-corrected chi connectivity index (χ1v) is 10.7. The predicted octanol–water partition coefficient (Wildman–Crippen LogP) is 4.83. The number of rotatable bonds is 4. The summed E-state index contributed by atoms with van der Waals surface area (Å²) < 4.78 is 2.41. The van der Waals surface area contributed by atoms with E-state index in [0.717, 1.165) is 17.4 Å². The van der Waals surface area contributed by atoms with Gasteiger partial charge in [-0.15, -0.1) is 0 Å². The molecule has 3 heterocycles. The molecule has 0 bridgehead atoms. The molecule has 1 saturated heterocycles. The highest BCUT2D eigenvalue weighted by Gasteiger charge is 2.44. The predicted molar refractivity (Wildman–Crippen MR) is 114 cm³/mol. The molecule has 4 rings (SSSR count). The molecule has 0 amide bonds. The van der Waals surface area contributed by atoms with Gasteiger partial charge in [-0.05, 0) is 69.6 Å². The van der Waals surface area contributed by atoms with Crippen molar-refractivity contribution in [3.8, 4) is 0 Å². The number of aryl methyl sites for hydroxylation is 1. The highest BCUT2D eigenvalue weighted by molar-refractivity contribution is 7.80. The van der Waals surface area contributed by atoms with E-state index < -0.39 is 0 Å². The van der Waals surface area contributed by atoms with Gasteiger partial charge in [0.25, 0.3) is 0 Å². The maximum Gasteiger partial charge on any atom is 0.170 e. The second-order valence-electron chi connectivity index (χ2n) is 7.90. The molecular formula is C22H30N4S. The van der Waals surface area contributed by atoms with Crippen LogP contribution in [0.3, 0.4) is 0 Å². The first kappa shape index (κ1) is 18.5. The van der Waals surface area contributed by atoms with Gasteiger partial charge >= 0.3 is 0 Å². The zero-order valence-electron chi connectivity index (χ0n) is 16.6. The van der Waals surface area contributed by atoms with E-state index in [4.69, 9.17) is 12.2 Å². The number of aromatic nitrogens is 2. The third-order valence-electron chi connectivity index (χ3n) is 6.35. The zero-order valence-corrected chi connectivity index (χ0v) is 17.4. The lowest BCUT2D eigenvalue weighted by atomic mass is 9.90. The van der Waals surface area contributed by atoms with Crippen molar-refractivity contribution in [2.24, 2.45) is 0 Å². The van der Waals surface area contributed by atoms with Crippen LogP contribution in [-0.2, 0) is 6.54 Å². The van der Waals surface area contributed by atoms with Crippen molar-refractivity contribution in [1.82, 2.24) is 19.8 Å². The normalized spacial score (nSPS) is 23.7. The van der Waals surface area contributed by atoms with Crippen LogP contribution in [-0.4, -0.2) is 25.6 Å². The van der Waals surface area contributed by atoms with Crippen molar-refractivity contribution >= 4 is 17.3 Å². The molecular weight excluding hydrogens is 352 g/mol. The number of thiocarbonyl (C=S) groups is 1. The Labute approximate surface area is 168 Å². The molecule has 2 aromatic heterocycles. The van der Waals surface area contributed by atoms with Gasteiger partial charge in [0, 0.05) is 30.2 Å². The Bertz CT molecular complexity index is 807. The molecule has 1 N–H and O–H groups in total. The van der Waals surface area contributed by atoms with Crippen LogP contribution in [0, 0.1) is 13.8 Å². The summed E-state index contributed by atoms with van der Waals surface area (Å²) in [4.78, 5) is 7.18. The maximum absolute atomic E-state index is 5.87. The van der Waals surface area contributed by atoms with E-state index >= 15 is 0 Å². The van der Waals surface area contributed by atoms with Gasteiger partial charge < -0.3 is 14.8 Å². The Balaban J connectivity index is 1.80. The topological polar surface area (TPSA) is 33.1 Å². The summed E-state index contributed by atoms with van der Waals surface area (Å²) in [6.07, 6.45) is 8.32. The third kappa shape index (κ3) is 3.27. The Kier molecular flexibility index (Phi) is 5.22. The first-order chi connectivity index (χ1) is 13.1. The fraction of sp³-hybridized carbons (Fsp3) is 0.545. The van der Waals surface area contributed by atoms with E-state index in [-0.39, 0.29) is 12.1 Å². The minimum atomic E-state index is 0.103. The van der Waals surface area contributed by atoms with E-state index in [9.17, 15) is 0 Å². The molecule has 0 spiro atoms. The van der Waals surface area contributed by atoms with Crippen LogP contribution in [0.15, 0.2) is 30.5 Å². The van der Waals surface area contributed by atoms with Crippen LogP contribution in [0.4, 0.5) is 0 Å². The molecule has 2 atom stereocenters. The van der Waals surface area contributed by atoms with Crippen LogP contribution >= 0.6 is 12.2 Å². The van der Waals surface area contributed by atoms with E-state index in [2.05, 4.69) is 58.7 Å². The molecule has 0 radical (unpaired) electrons. The molecule has 1 aliphatic carbocycles. The maximum atomic E-state index is 5.87. The summed E-state index contributed by atoms with van der Waals surface area (Å²) >= 11 is 5.87. The van der Waals surface area contributed by atoms with Gasteiger partial charge in [-0.1, -0.05) is 25.3 Å². The van der Waals surface area contributed by atoms with E-state index in [1.165, 1.54) is 49.1 Å². The molecule has 1 saturated carbocycles. The number of pyridine rings is 1. The molecule has 2 aromatic rings. The SMILES string of the molecule is CCn1c(C)cc([C@H]2[C@@H](c3ccccn3)NC(=S)N2C2CCCCC2)c1C. The second-order valence-corrected chi connectivity index (χ2v) is 8.28. The van der Waals surface area contributed by atoms with Gasteiger partial charge in [-0.2, -0.15) is 0 Å². The van der Waals surface area contributed by atoms with Crippen molar-refractivity contribution < 1.29 is 0 Å². The number of hydrogen-bond donors (Lipinski definition) is 1. The second kappa shape index (κ2) is 7.63. The van der Waals surface area contributed by atoms with Crippen LogP contribution in [0.5, 0.6) is 0 Å². The van der Waals surface area contributed by atoms with Crippen LogP contribution < -0.4 is 5.32 Å². The summed E-state index contributed by atoms with van der Waals surface area (Å²) in [5.74, 6) is 0. The van der Waals surface area contributed by atoms with Gasteiger partial charge in [0.2, 0.25) is 0 Å². The lowest BCUT2D eigenvalue weighted by Gasteiger charge is -2.37. The molecule has 0 aromatic carbocycles. The van der Waals surface area contributed by atoms with Crippen LogP contribution in [0.1, 0.15) is 73.8 Å². The molecule has 0 unspecified atom stereocenters. The number of nitrogens with one attached hydrogen (secondary N) is 1. The standard InChI is InChI=1S/C22H30N4S/c1-4-25-15(2)14-18(16(25)3)21-20(19-12-8-9-13-23-19)24-22(27)26(21)17-10-6-5-7-11-17/h8-9,12-14,17,20-21H,4-7,10-11H2,1-3H3,(H,24,27)/t20-,21+/m1/s1. The molecule has 1 aliphatic heterocycles. The molecule has 5 heteroatoms. The largest absolute Gasteiger partial charge is 0.352 e. The molecule has 2 aliphatic rings. The highest BCUT2D eigenvalue weighted by Crippen LogP contribution is 2.43. The Morgan fingerprint density at radius 1 is 1.19 bits per heavy atom. The van der Waals surface area contributed by atoms with Crippen molar-refractivity contribution in [2.75, 3.05) is 0 Å². The van der Waals surface area contributed by atoms with Crippen molar-refractivity contribution in [2.45, 2.75) is 77.5 Å². The summed E-state index contributed by atoms with van der Waals surface area (Å²) in [7, 11) is 0. The van der Waals surface area contributed by atoms with Crippen LogP contribution in [0.25, 0.3) is 0 Å². The molecule has 4 nitrogen and oxygen atoms in total. The van der Waals surface area contributed by atoms with Gasteiger partial charge in [-0.3, -0.25) is 4.98 Å². The van der Waals surface area contributed by atoms with Crippen LogP contribution in [0.2, 0.25) is 0 Å². The Morgan fingerprint density at radius 2 is 1.96 bits per heavy atom. The quantitative estimate of drug-likeness (QED) is 0.768. The first-order valence-electron chi connectivity index (χ1n) is 10.3. The Hall–Kier alpha value is -1.88. The minimum Gasteiger partial charge on any atom is -0.352 e. The van der Waals surface area contributed by atoms with E-state index in [1.54, 1.807) is 0 Å². The lowest BCUT2D eigenvalue weighted by molar-refractivity contribution is 0.196. The third-order valence-corrected chi connectivity index (χ3v) is 6.68. The van der Waals surface area contributed by atoms with Gasteiger partial charge in [0.05, 0.1) is 17.8 Å². The zero-order chi connectivity index (χ0) is 19.0. The summed E-state index contributed by atoms with van der Waals surface area (Å²) in [6, 6.07) is 9.38. The molecule has 2 fully saturated rings. The van der Waals surface area contributed by atoms with Gasteiger partial charge in [0.15, 0.2) is 5.11 Å². The molecule has 27 heavy (non-hydrogen) atoms. The van der Waals surface area contributed by atoms with E-state index in [1.807, 2.05) is 12.3 Å². The average Bonchev–Trinajstić information content (AvgIpc) is 3.18. The highest BCUT2D eigenvalue weighted by atomic mass is 32.1. The number of nitrogens with zero attached hydrogens (tertiary/aromatic N) is 3. The van der Waals surface area contributed by atoms with E-state index in [0.29, 0.717) is 6.04 Å². The van der Waals surface area contributed by atoms with Crippen molar-refractivity contribution in [1.29, 1.82) is 0 Å². The fourth-order valence-corrected chi connectivity index (χ4v) is 5.45. The smallest absolute Gasteiger partial charge is 0.170 e. The fourth-order valence-electron chi connectivity index (χ4n) is 5.06. The summed E-state index contributed by atoms with van der Waals surface area (Å²) in [6.45, 7) is 7.68. The van der Waals surface area contributed by atoms with Crippen molar-refractivity contribution in [3.63, 3.8) is 0 Å². The molecule has 144 valence electrons. The minimum absolute atomic E-state index is 0.103. The van der Waals surface area contributed by atoms with Crippen molar-refractivity contribution in [3.05, 3.63) is 53.1 Å². The summed E-state index contributed by atoms with van der Waals surface area (Å²) in [5.41, 5.74) is 5.15. The average molecular weight is 383 g/mol. The van der Waals surface area contributed by atoms with Gasteiger partial charge in [-0.25, -0.2) is 0 Å². The van der Waals surface area contributed by atoms with Gasteiger partial charge in [0.1, 0.15) is 0 Å². The lowest BCUT2D eigenvalue weighted by Crippen LogP contribution is -2.40.